The largest absolute Gasteiger partial charge is 0.304 e. The van der Waals surface area contributed by atoms with E-state index >= 15 is 0 Å². The van der Waals surface area contributed by atoms with Crippen molar-refractivity contribution in [1.29, 1.82) is 0 Å². The quantitative estimate of drug-likeness (QED) is 0.143. The van der Waals surface area contributed by atoms with Gasteiger partial charge < -0.3 is 4.98 Å². The molecule has 0 amide bonds. The van der Waals surface area contributed by atoms with Gasteiger partial charge in [-0.3, -0.25) is 9.80 Å². The zero-order valence-electron chi connectivity index (χ0n) is 26.3. The summed E-state index contributed by atoms with van der Waals surface area (Å²) in [6, 6.07) is 60.3. The van der Waals surface area contributed by atoms with Crippen LogP contribution in [0.5, 0.6) is 0 Å². The molecule has 237 valence electrons. The van der Waals surface area contributed by atoms with Gasteiger partial charge in [0.25, 0.3) is 0 Å². The number of hydrogen-bond donors (Lipinski definition) is 0. The fourth-order valence-corrected chi connectivity index (χ4v) is 5.83. The van der Waals surface area contributed by atoms with E-state index in [0.29, 0.717) is 17.7 Å². The Kier molecular flexibility index (Phi) is 9.28. The van der Waals surface area contributed by atoms with Gasteiger partial charge >= 0.3 is 0 Å². The van der Waals surface area contributed by atoms with E-state index in [1.54, 1.807) is 0 Å². The summed E-state index contributed by atoms with van der Waals surface area (Å²) in [5.74, 6) is 1.50. The topological polar surface area (TPSA) is 58.0 Å². The second kappa shape index (κ2) is 14.4. The Hall–Kier alpha value is -6.01. The Labute approximate surface area is 298 Å². The first-order valence-corrected chi connectivity index (χ1v) is 15.7. The minimum atomic E-state index is 0. The van der Waals surface area contributed by atoms with Crippen molar-refractivity contribution < 1.29 is 20.1 Å². The molecule has 8 aromatic rings. The van der Waals surface area contributed by atoms with E-state index in [9.17, 15) is 0 Å². The molecule has 0 saturated heterocycles. The zero-order valence-corrected chi connectivity index (χ0v) is 28.7. The number of pyridine rings is 1. The molecule has 0 N–H and O–H groups in total. The molecule has 0 aliphatic rings. The van der Waals surface area contributed by atoms with Crippen LogP contribution in [0.15, 0.2) is 176 Å². The van der Waals surface area contributed by atoms with Crippen LogP contribution in [0.4, 0.5) is 34.6 Å². The molecule has 0 unspecified atom stereocenters. The second-order valence-corrected chi connectivity index (χ2v) is 11.1. The van der Waals surface area contributed by atoms with Crippen LogP contribution >= 0.6 is 0 Å². The third-order valence-corrected chi connectivity index (χ3v) is 8.06. The van der Waals surface area contributed by atoms with E-state index in [1.807, 2.05) is 109 Å². The molecule has 0 atom stereocenters. The van der Waals surface area contributed by atoms with Crippen LogP contribution in [-0.4, -0.2) is 19.9 Å². The Morgan fingerprint density at radius 3 is 1.45 bits per heavy atom. The van der Waals surface area contributed by atoms with Crippen molar-refractivity contribution in [3.05, 3.63) is 182 Å². The van der Waals surface area contributed by atoms with E-state index in [0.717, 1.165) is 50.3 Å². The molecule has 7 heteroatoms. The van der Waals surface area contributed by atoms with Crippen LogP contribution in [0.2, 0.25) is 0 Å². The molecule has 49 heavy (non-hydrogen) atoms. The van der Waals surface area contributed by atoms with Crippen LogP contribution in [0.25, 0.3) is 33.4 Å². The van der Waals surface area contributed by atoms with Gasteiger partial charge in [0, 0.05) is 49.1 Å². The fourth-order valence-electron chi connectivity index (χ4n) is 5.83. The maximum Gasteiger partial charge on any atom is 0.239 e. The van der Waals surface area contributed by atoms with Crippen molar-refractivity contribution in [1.82, 2.24) is 19.9 Å². The van der Waals surface area contributed by atoms with E-state index in [1.165, 1.54) is 0 Å². The number of para-hydroxylation sites is 4. The monoisotopic (exact) mass is 810 g/mol. The molecular weight excluding hydrogens is 781 g/mol. The van der Waals surface area contributed by atoms with E-state index in [-0.39, 0.29) is 20.1 Å². The van der Waals surface area contributed by atoms with Crippen molar-refractivity contribution in [2.75, 3.05) is 9.80 Å². The first-order valence-electron chi connectivity index (χ1n) is 15.7. The van der Waals surface area contributed by atoms with Crippen molar-refractivity contribution >= 4 is 45.4 Å². The van der Waals surface area contributed by atoms with Crippen LogP contribution in [0, 0.1) is 6.07 Å². The third kappa shape index (κ3) is 6.58. The van der Waals surface area contributed by atoms with Crippen LogP contribution in [-0.2, 0) is 20.1 Å². The van der Waals surface area contributed by atoms with E-state index < -0.39 is 0 Å². The summed E-state index contributed by atoms with van der Waals surface area (Å²) in [7, 11) is 0. The van der Waals surface area contributed by atoms with Crippen LogP contribution in [0.3, 0.4) is 0 Å². The zero-order chi connectivity index (χ0) is 32.1. The second-order valence-electron chi connectivity index (χ2n) is 11.1. The molecular formula is C42H29IrN6-. The predicted octanol–water partition coefficient (Wildman–Crippen LogP) is 10.5. The van der Waals surface area contributed by atoms with Gasteiger partial charge in [-0.1, -0.05) is 103 Å². The summed E-state index contributed by atoms with van der Waals surface area (Å²) in [6.45, 7) is 0. The SMILES string of the molecule is [Ir].[c-]1ccc(-c2nc(N(c3ccccc3)c3ccccc3)nc(N(c3ccccc3)c3ccccc3)n2)cc1-c1nccc2ccccc12. The number of nitrogens with zero attached hydrogens (tertiary/aromatic N) is 6. The Morgan fingerprint density at radius 2 is 0.939 bits per heavy atom. The van der Waals surface area contributed by atoms with Crippen LogP contribution < -0.4 is 9.80 Å². The fraction of sp³-hybridized carbons (Fsp3) is 0. The van der Waals surface area contributed by atoms with Gasteiger partial charge in [0.05, 0.1) is 0 Å². The Morgan fingerprint density at radius 1 is 0.469 bits per heavy atom. The molecule has 2 heterocycles. The number of aromatic nitrogens is 4. The average molecular weight is 810 g/mol. The first kappa shape index (κ1) is 31.6. The molecule has 0 bridgehead atoms. The molecule has 0 aliphatic carbocycles. The first-order chi connectivity index (χ1) is 23.8. The normalized spacial score (nSPS) is 10.7. The molecule has 0 fully saturated rings. The van der Waals surface area contributed by atoms with Crippen molar-refractivity contribution in [2.45, 2.75) is 0 Å². The number of anilines is 6. The summed E-state index contributed by atoms with van der Waals surface area (Å²) in [4.78, 5) is 24.4. The Balaban J connectivity index is 0.00000378. The molecule has 6 aromatic carbocycles. The molecule has 6 nitrogen and oxygen atoms in total. The molecule has 0 spiro atoms. The Bertz CT molecular complexity index is 2120. The maximum atomic E-state index is 5.20. The maximum absolute atomic E-state index is 5.20. The summed E-state index contributed by atoms with van der Waals surface area (Å²) < 4.78 is 0. The van der Waals surface area contributed by atoms with Gasteiger partial charge in [-0.15, -0.1) is 29.8 Å². The van der Waals surface area contributed by atoms with Gasteiger partial charge in [-0.05, 0) is 71.1 Å². The summed E-state index contributed by atoms with van der Waals surface area (Å²) in [5.41, 5.74) is 6.26. The third-order valence-electron chi connectivity index (χ3n) is 8.06. The smallest absolute Gasteiger partial charge is 0.239 e. The summed E-state index contributed by atoms with van der Waals surface area (Å²) >= 11 is 0. The molecule has 0 saturated carbocycles. The molecule has 1 radical (unpaired) electrons. The molecule has 0 aliphatic heterocycles. The van der Waals surface area contributed by atoms with Gasteiger partial charge in [-0.2, -0.15) is 15.0 Å². The number of rotatable bonds is 8. The van der Waals surface area contributed by atoms with E-state index in [2.05, 4.69) is 82.6 Å². The van der Waals surface area contributed by atoms with Gasteiger partial charge in [0.15, 0.2) is 0 Å². The molecule has 2 aromatic heterocycles. The van der Waals surface area contributed by atoms with E-state index in [4.69, 9.17) is 19.9 Å². The van der Waals surface area contributed by atoms with Gasteiger partial charge in [-0.25, -0.2) is 0 Å². The van der Waals surface area contributed by atoms with Crippen molar-refractivity contribution in [2.24, 2.45) is 0 Å². The standard InChI is InChI=1S/C42H29N6.Ir/c1-5-19-34(20-6-1)47(35-21-7-2-8-22-35)41-44-40(33-18-15-17-32(30-33)39-38-27-14-13-16-31(38)28-29-43-39)45-42(46-41)48(36-23-9-3-10-24-36)37-25-11-4-12-26-37;/h1-16,18-30H;/q-1;. The van der Waals surface area contributed by atoms with Crippen LogP contribution in [0.1, 0.15) is 0 Å². The van der Waals surface area contributed by atoms with Crippen molar-refractivity contribution in [3.63, 3.8) is 0 Å². The number of benzene rings is 6. The number of hydrogen-bond acceptors (Lipinski definition) is 6. The summed E-state index contributed by atoms with van der Waals surface area (Å²) in [5, 5.41) is 2.18. The van der Waals surface area contributed by atoms with Gasteiger partial charge in [0.1, 0.15) is 5.82 Å². The predicted molar refractivity (Wildman–Crippen MR) is 194 cm³/mol. The molecule has 8 rings (SSSR count). The average Bonchev–Trinajstić information content (AvgIpc) is 3.17. The summed E-state index contributed by atoms with van der Waals surface area (Å²) in [6.07, 6.45) is 1.84. The van der Waals surface area contributed by atoms with Gasteiger partial charge in [0.2, 0.25) is 11.9 Å². The van der Waals surface area contributed by atoms with Crippen molar-refractivity contribution in [3.8, 4) is 22.6 Å². The minimum absolute atomic E-state index is 0. The number of fused-ring (bicyclic) bond motifs is 1. The minimum Gasteiger partial charge on any atom is -0.304 e.